The molecule has 0 bridgehead atoms. The van der Waals surface area contributed by atoms with E-state index in [-0.39, 0.29) is 12.5 Å². The van der Waals surface area contributed by atoms with Crippen molar-refractivity contribution >= 4 is 5.91 Å². The normalized spacial score (nSPS) is 11.9. The van der Waals surface area contributed by atoms with Crippen LogP contribution in [-0.2, 0) is 6.54 Å². The highest BCUT2D eigenvalue weighted by molar-refractivity contribution is 5.98. The zero-order valence-corrected chi connectivity index (χ0v) is 8.40. The number of benzene rings is 1. The van der Waals surface area contributed by atoms with Crippen LogP contribution in [0.3, 0.4) is 0 Å². The molecule has 5 nitrogen and oxygen atoms in total. The monoisotopic (exact) mass is 212 g/mol. The molecule has 1 heterocycles. The van der Waals surface area contributed by atoms with Gasteiger partial charge in [0.05, 0.1) is 6.54 Å². The zero-order chi connectivity index (χ0) is 11.4. The van der Waals surface area contributed by atoms with Crippen LogP contribution in [0.1, 0.15) is 21.5 Å². The first-order valence-electron chi connectivity index (χ1n) is 4.72. The van der Waals surface area contributed by atoms with Gasteiger partial charge in [-0.3, -0.25) is 4.79 Å². The minimum atomic E-state index is -0.0614. The van der Waals surface area contributed by atoms with Gasteiger partial charge in [-0.15, -0.1) is 0 Å². The first kappa shape index (κ1) is 10.1. The predicted molar refractivity (Wildman–Crippen MR) is 58.5 cm³/mol. The number of rotatable bonds is 1. The minimum Gasteiger partial charge on any atom is -0.348 e. The third-order valence-corrected chi connectivity index (χ3v) is 2.24. The largest absolute Gasteiger partial charge is 0.348 e. The number of nitrogens with one attached hydrogen (secondary N) is 1. The molecular formula is C11H8N4O. The van der Waals surface area contributed by atoms with Crippen LogP contribution < -0.4 is 5.32 Å². The Balaban J connectivity index is 2.23. The van der Waals surface area contributed by atoms with E-state index in [0.717, 1.165) is 11.1 Å². The molecule has 1 aliphatic rings. The molecule has 0 aliphatic carbocycles. The van der Waals surface area contributed by atoms with Crippen molar-refractivity contribution in [2.24, 2.45) is 5.11 Å². The summed E-state index contributed by atoms with van der Waals surface area (Å²) in [7, 11) is 0. The van der Waals surface area contributed by atoms with Crippen LogP contribution in [0.5, 0.6) is 0 Å². The number of fused-ring (bicyclic) bond motifs is 1. The predicted octanol–water partition coefficient (Wildman–Crippen LogP) is 1.59. The van der Waals surface area contributed by atoms with Gasteiger partial charge in [0, 0.05) is 22.6 Å². The van der Waals surface area contributed by atoms with Crippen molar-refractivity contribution in [1.29, 1.82) is 0 Å². The second-order valence-corrected chi connectivity index (χ2v) is 3.25. The lowest BCUT2D eigenvalue weighted by Crippen LogP contribution is -2.12. The average molecular weight is 212 g/mol. The Bertz CT molecular complexity index is 547. The lowest BCUT2D eigenvalue weighted by molar-refractivity contribution is 0.0965. The molecule has 0 saturated heterocycles. The van der Waals surface area contributed by atoms with Gasteiger partial charge >= 0.3 is 0 Å². The van der Waals surface area contributed by atoms with Gasteiger partial charge in [-0.2, -0.15) is 0 Å². The Morgan fingerprint density at radius 1 is 1.56 bits per heavy atom. The molecule has 78 valence electrons. The molecule has 1 amide bonds. The highest BCUT2D eigenvalue weighted by atomic mass is 16.1. The molecule has 16 heavy (non-hydrogen) atoms. The Kier molecular flexibility index (Phi) is 2.77. The van der Waals surface area contributed by atoms with Gasteiger partial charge in [-0.05, 0) is 23.2 Å². The lowest BCUT2D eigenvalue weighted by atomic mass is 10.1. The summed E-state index contributed by atoms with van der Waals surface area (Å²) in [5.41, 5.74) is 10.5. The Morgan fingerprint density at radius 2 is 2.44 bits per heavy atom. The quantitative estimate of drug-likeness (QED) is 0.326. The van der Waals surface area contributed by atoms with Crippen molar-refractivity contribution in [3.05, 3.63) is 45.3 Å². The summed E-state index contributed by atoms with van der Waals surface area (Å²) in [5, 5.41) is 6.04. The van der Waals surface area contributed by atoms with Crippen LogP contribution >= 0.6 is 0 Å². The van der Waals surface area contributed by atoms with E-state index >= 15 is 0 Å². The van der Waals surface area contributed by atoms with Gasteiger partial charge in [0.1, 0.15) is 0 Å². The lowest BCUT2D eigenvalue weighted by Gasteiger charge is -1.95. The second-order valence-electron chi connectivity index (χ2n) is 3.25. The SMILES string of the molecule is [N-]=[N+]=NCC#Cc1ccc2c(c1)C(=O)NC2. The van der Waals surface area contributed by atoms with Crippen molar-refractivity contribution < 1.29 is 4.79 Å². The van der Waals surface area contributed by atoms with Crippen LogP contribution in [-0.4, -0.2) is 12.5 Å². The highest BCUT2D eigenvalue weighted by Gasteiger charge is 2.17. The van der Waals surface area contributed by atoms with Gasteiger partial charge < -0.3 is 5.32 Å². The molecule has 1 aromatic carbocycles. The van der Waals surface area contributed by atoms with Crippen LogP contribution in [0.2, 0.25) is 0 Å². The third kappa shape index (κ3) is 1.97. The number of hydrogen-bond acceptors (Lipinski definition) is 2. The fourth-order valence-corrected chi connectivity index (χ4v) is 1.50. The Morgan fingerprint density at radius 3 is 3.25 bits per heavy atom. The second kappa shape index (κ2) is 4.39. The van der Waals surface area contributed by atoms with E-state index in [4.69, 9.17) is 5.53 Å². The van der Waals surface area contributed by atoms with E-state index in [9.17, 15) is 4.79 Å². The molecule has 0 fully saturated rings. The summed E-state index contributed by atoms with van der Waals surface area (Å²) in [6, 6.07) is 5.48. The molecule has 1 aliphatic heterocycles. The fourth-order valence-electron chi connectivity index (χ4n) is 1.50. The van der Waals surface area contributed by atoms with Gasteiger partial charge in [-0.25, -0.2) is 0 Å². The molecule has 2 rings (SSSR count). The maximum atomic E-state index is 11.4. The molecule has 0 atom stereocenters. The number of hydrogen-bond donors (Lipinski definition) is 1. The summed E-state index contributed by atoms with van der Waals surface area (Å²) in [6.45, 7) is 0.723. The van der Waals surface area contributed by atoms with Crippen molar-refractivity contribution in [3.63, 3.8) is 0 Å². The summed E-state index contributed by atoms with van der Waals surface area (Å²) < 4.78 is 0. The number of azide groups is 1. The number of nitrogens with zero attached hydrogens (tertiary/aromatic N) is 3. The maximum Gasteiger partial charge on any atom is 0.251 e. The highest BCUT2D eigenvalue weighted by Crippen LogP contribution is 2.16. The molecule has 1 N–H and O–H groups in total. The van der Waals surface area contributed by atoms with E-state index in [1.54, 1.807) is 6.07 Å². The van der Waals surface area contributed by atoms with Crippen molar-refractivity contribution in [2.75, 3.05) is 6.54 Å². The standard InChI is InChI=1S/C11H8N4O/c12-15-14-5-1-2-8-3-4-9-7-13-11(16)10(9)6-8/h3-4,6H,5,7H2,(H,13,16). The number of amides is 1. The van der Waals surface area contributed by atoms with Gasteiger partial charge in [-0.1, -0.05) is 23.0 Å². The fraction of sp³-hybridized carbons (Fsp3) is 0.182. The zero-order valence-electron chi connectivity index (χ0n) is 8.40. The average Bonchev–Trinajstić information content (AvgIpc) is 2.67. The van der Waals surface area contributed by atoms with E-state index in [2.05, 4.69) is 27.2 Å². The van der Waals surface area contributed by atoms with Crippen LogP contribution in [0.15, 0.2) is 23.3 Å². The van der Waals surface area contributed by atoms with Crippen LogP contribution in [0.4, 0.5) is 0 Å². The van der Waals surface area contributed by atoms with Gasteiger partial charge in [0.15, 0.2) is 0 Å². The molecule has 0 radical (unpaired) electrons. The number of carbonyl (C=O) groups is 1. The molecule has 0 aromatic heterocycles. The van der Waals surface area contributed by atoms with Gasteiger partial charge in [0.2, 0.25) is 0 Å². The van der Waals surface area contributed by atoms with Crippen LogP contribution in [0.25, 0.3) is 10.4 Å². The molecular weight excluding hydrogens is 204 g/mol. The smallest absolute Gasteiger partial charge is 0.251 e. The first-order chi connectivity index (χ1) is 7.81. The van der Waals surface area contributed by atoms with Crippen molar-refractivity contribution in [1.82, 2.24) is 5.32 Å². The van der Waals surface area contributed by atoms with E-state index in [0.29, 0.717) is 12.1 Å². The molecule has 0 unspecified atom stereocenters. The van der Waals surface area contributed by atoms with E-state index in [1.807, 2.05) is 12.1 Å². The third-order valence-electron chi connectivity index (χ3n) is 2.24. The molecule has 0 spiro atoms. The molecule has 5 heteroatoms. The molecule has 0 saturated carbocycles. The maximum absolute atomic E-state index is 11.4. The topological polar surface area (TPSA) is 77.9 Å². The molecule has 1 aromatic rings. The minimum absolute atomic E-state index is 0.0614. The van der Waals surface area contributed by atoms with Crippen molar-refractivity contribution in [2.45, 2.75) is 6.54 Å². The van der Waals surface area contributed by atoms with Crippen LogP contribution in [0, 0.1) is 11.8 Å². The summed E-state index contributed by atoms with van der Waals surface area (Å²) in [6.07, 6.45) is 0. The summed E-state index contributed by atoms with van der Waals surface area (Å²) in [4.78, 5) is 14.0. The summed E-state index contributed by atoms with van der Waals surface area (Å²) in [5.74, 6) is 5.48. The van der Waals surface area contributed by atoms with E-state index < -0.39 is 0 Å². The summed E-state index contributed by atoms with van der Waals surface area (Å²) >= 11 is 0. The Hall–Kier alpha value is -2.44. The Labute approximate surface area is 92.1 Å². The number of carbonyl (C=O) groups excluding carboxylic acids is 1. The van der Waals surface area contributed by atoms with Gasteiger partial charge in [0.25, 0.3) is 5.91 Å². The first-order valence-corrected chi connectivity index (χ1v) is 4.72. The van der Waals surface area contributed by atoms with Crippen molar-refractivity contribution in [3.8, 4) is 11.8 Å². The van der Waals surface area contributed by atoms with E-state index in [1.165, 1.54) is 0 Å².